The molecule has 0 heterocycles. The standard InChI is InChI=1S/C11H13BN2/c12-8-3-4-10(13)9(6-8)11(14)5-7-1-2-7/h3-4,6-7,14H,1-2,5,13H2. The third-order valence-electron chi connectivity index (χ3n) is 2.59. The van der Waals surface area contributed by atoms with E-state index >= 15 is 0 Å². The van der Waals surface area contributed by atoms with E-state index in [1.54, 1.807) is 18.2 Å². The fourth-order valence-corrected chi connectivity index (χ4v) is 1.56. The van der Waals surface area contributed by atoms with E-state index in [0.717, 1.165) is 12.0 Å². The molecule has 0 aromatic heterocycles. The second-order valence-corrected chi connectivity index (χ2v) is 3.97. The fourth-order valence-electron chi connectivity index (χ4n) is 1.56. The molecule has 3 N–H and O–H groups in total. The van der Waals surface area contributed by atoms with Crippen molar-refractivity contribution < 1.29 is 0 Å². The van der Waals surface area contributed by atoms with Gasteiger partial charge in [0.2, 0.25) is 0 Å². The average Bonchev–Trinajstić information content (AvgIpc) is 2.93. The topological polar surface area (TPSA) is 49.9 Å². The van der Waals surface area contributed by atoms with Gasteiger partial charge in [-0.1, -0.05) is 17.6 Å². The van der Waals surface area contributed by atoms with Gasteiger partial charge < -0.3 is 11.1 Å². The highest BCUT2D eigenvalue weighted by Gasteiger charge is 2.23. The molecule has 14 heavy (non-hydrogen) atoms. The molecule has 0 aliphatic heterocycles. The lowest BCUT2D eigenvalue weighted by Gasteiger charge is -2.07. The zero-order chi connectivity index (χ0) is 10.1. The lowest BCUT2D eigenvalue weighted by Crippen LogP contribution is -2.11. The predicted molar refractivity (Wildman–Crippen MR) is 60.4 cm³/mol. The van der Waals surface area contributed by atoms with Crippen molar-refractivity contribution in [3.63, 3.8) is 0 Å². The van der Waals surface area contributed by atoms with Gasteiger partial charge in [0, 0.05) is 17.0 Å². The van der Waals surface area contributed by atoms with Gasteiger partial charge in [-0.3, -0.25) is 0 Å². The Labute approximate surface area is 85.4 Å². The highest BCUT2D eigenvalue weighted by molar-refractivity contribution is 6.33. The Morgan fingerprint density at radius 1 is 1.50 bits per heavy atom. The van der Waals surface area contributed by atoms with Crippen LogP contribution in [0.3, 0.4) is 0 Å². The normalized spacial score (nSPS) is 15.4. The predicted octanol–water partition coefficient (Wildman–Crippen LogP) is 1.23. The molecule has 0 saturated heterocycles. The summed E-state index contributed by atoms with van der Waals surface area (Å²) < 4.78 is 0. The summed E-state index contributed by atoms with van der Waals surface area (Å²) in [5.41, 5.74) is 8.55. The van der Waals surface area contributed by atoms with Gasteiger partial charge >= 0.3 is 0 Å². The van der Waals surface area contributed by atoms with Crippen molar-refractivity contribution in [2.24, 2.45) is 5.92 Å². The van der Waals surface area contributed by atoms with Crippen LogP contribution >= 0.6 is 0 Å². The van der Waals surface area contributed by atoms with E-state index < -0.39 is 0 Å². The van der Waals surface area contributed by atoms with Gasteiger partial charge in [0.05, 0.1) is 0 Å². The van der Waals surface area contributed by atoms with Crippen molar-refractivity contribution >= 4 is 24.7 Å². The highest BCUT2D eigenvalue weighted by Crippen LogP contribution is 2.33. The second-order valence-electron chi connectivity index (χ2n) is 3.97. The Morgan fingerprint density at radius 3 is 2.86 bits per heavy atom. The molecule has 1 aromatic rings. The summed E-state index contributed by atoms with van der Waals surface area (Å²) in [7, 11) is 5.66. The fraction of sp³-hybridized carbons (Fsp3) is 0.364. The first-order valence-corrected chi connectivity index (χ1v) is 4.89. The van der Waals surface area contributed by atoms with Gasteiger partial charge in [0.1, 0.15) is 7.85 Å². The molecule has 0 unspecified atom stereocenters. The minimum atomic E-state index is 0.623. The van der Waals surface area contributed by atoms with Gasteiger partial charge in [0.25, 0.3) is 0 Å². The summed E-state index contributed by atoms with van der Waals surface area (Å²) in [5.74, 6) is 0.711. The van der Waals surface area contributed by atoms with Gasteiger partial charge in [-0.05, 0) is 31.2 Å². The van der Waals surface area contributed by atoms with E-state index in [1.165, 1.54) is 12.8 Å². The van der Waals surface area contributed by atoms with Crippen LogP contribution in [0, 0.1) is 11.3 Å². The van der Waals surface area contributed by atoms with Crippen LogP contribution in [0.4, 0.5) is 5.69 Å². The van der Waals surface area contributed by atoms with Crippen molar-refractivity contribution in [2.45, 2.75) is 19.3 Å². The zero-order valence-corrected chi connectivity index (χ0v) is 8.09. The molecule has 1 saturated carbocycles. The number of nitrogens with one attached hydrogen (secondary N) is 1. The molecule has 3 heteroatoms. The van der Waals surface area contributed by atoms with E-state index in [9.17, 15) is 0 Å². The number of hydrogen-bond acceptors (Lipinski definition) is 2. The van der Waals surface area contributed by atoms with Gasteiger partial charge in [-0.15, -0.1) is 0 Å². The molecule has 0 bridgehead atoms. The number of nitrogens with two attached hydrogens (primary N) is 1. The molecular formula is C11H13BN2. The first-order chi connectivity index (χ1) is 6.66. The molecule has 1 fully saturated rings. The van der Waals surface area contributed by atoms with Crippen molar-refractivity contribution in [3.05, 3.63) is 23.8 Å². The summed E-state index contributed by atoms with van der Waals surface area (Å²) in [6.07, 6.45) is 3.35. The smallest absolute Gasteiger partial charge is 0.113 e. The van der Waals surface area contributed by atoms with Crippen LogP contribution in [0.25, 0.3) is 0 Å². The summed E-state index contributed by atoms with van der Waals surface area (Å²) >= 11 is 0. The maximum absolute atomic E-state index is 7.90. The van der Waals surface area contributed by atoms with Crippen molar-refractivity contribution in [2.75, 3.05) is 5.73 Å². The van der Waals surface area contributed by atoms with E-state index in [1.807, 2.05) is 0 Å². The van der Waals surface area contributed by atoms with Crippen LogP contribution in [0.1, 0.15) is 24.8 Å². The molecule has 1 aromatic carbocycles. The van der Waals surface area contributed by atoms with Gasteiger partial charge in [-0.25, -0.2) is 0 Å². The van der Waals surface area contributed by atoms with E-state index in [0.29, 0.717) is 22.8 Å². The maximum Gasteiger partial charge on any atom is 0.113 e. The average molecular weight is 184 g/mol. The van der Waals surface area contributed by atoms with Crippen LogP contribution in [-0.4, -0.2) is 13.6 Å². The third-order valence-corrected chi connectivity index (χ3v) is 2.59. The zero-order valence-electron chi connectivity index (χ0n) is 8.09. The van der Waals surface area contributed by atoms with E-state index in [-0.39, 0.29) is 0 Å². The van der Waals surface area contributed by atoms with Crippen LogP contribution < -0.4 is 11.2 Å². The highest BCUT2D eigenvalue weighted by atomic mass is 14.6. The lowest BCUT2D eigenvalue weighted by molar-refractivity contribution is 0.890. The summed E-state index contributed by atoms with van der Waals surface area (Å²) in [6.45, 7) is 0. The Hall–Kier alpha value is -1.25. The molecular weight excluding hydrogens is 171 g/mol. The minimum absolute atomic E-state index is 0.623. The quantitative estimate of drug-likeness (QED) is 0.414. The van der Waals surface area contributed by atoms with Crippen LogP contribution in [-0.2, 0) is 0 Å². The molecule has 1 aliphatic carbocycles. The number of rotatable bonds is 3. The first-order valence-electron chi connectivity index (χ1n) is 4.89. The van der Waals surface area contributed by atoms with E-state index in [2.05, 4.69) is 0 Å². The summed E-state index contributed by atoms with van der Waals surface area (Å²) in [5, 5.41) is 7.90. The first kappa shape index (κ1) is 9.32. The Bertz CT molecular complexity index is 370. The van der Waals surface area contributed by atoms with Crippen molar-refractivity contribution in [1.29, 1.82) is 5.41 Å². The number of benzene rings is 1. The Balaban J connectivity index is 2.20. The second kappa shape index (κ2) is 3.48. The molecule has 2 radical (unpaired) electrons. The van der Waals surface area contributed by atoms with E-state index in [4.69, 9.17) is 19.0 Å². The molecule has 0 spiro atoms. The molecule has 70 valence electrons. The third kappa shape index (κ3) is 1.98. The molecule has 0 amide bonds. The van der Waals surface area contributed by atoms with Crippen LogP contribution in [0.2, 0.25) is 0 Å². The summed E-state index contributed by atoms with van der Waals surface area (Å²) in [4.78, 5) is 0. The SMILES string of the molecule is [B]c1ccc(N)c(C(=N)CC2CC2)c1. The monoisotopic (exact) mass is 184 g/mol. The van der Waals surface area contributed by atoms with Gasteiger partial charge in [0.15, 0.2) is 0 Å². The Kier molecular flexibility index (Phi) is 2.32. The number of hydrogen-bond donors (Lipinski definition) is 2. The molecule has 0 atom stereocenters. The lowest BCUT2D eigenvalue weighted by atomic mass is 9.91. The molecule has 2 rings (SSSR count). The number of anilines is 1. The van der Waals surface area contributed by atoms with Crippen molar-refractivity contribution in [1.82, 2.24) is 0 Å². The largest absolute Gasteiger partial charge is 0.398 e. The van der Waals surface area contributed by atoms with Crippen LogP contribution in [0.15, 0.2) is 18.2 Å². The maximum atomic E-state index is 7.90. The number of nitrogen functional groups attached to an aromatic ring is 1. The van der Waals surface area contributed by atoms with Crippen LogP contribution in [0.5, 0.6) is 0 Å². The Morgan fingerprint density at radius 2 is 2.21 bits per heavy atom. The van der Waals surface area contributed by atoms with Gasteiger partial charge in [-0.2, -0.15) is 0 Å². The summed E-state index contributed by atoms with van der Waals surface area (Å²) in [6, 6.07) is 5.33. The molecule has 2 nitrogen and oxygen atoms in total. The van der Waals surface area contributed by atoms with Crippen molar-refractivity contribution in [3.8, 4) is 0 Å². The minimum Gasteiger partial charge on any atom is -0.398 e. The molecule has 1 aliphatic rings.